The van der Waals surface area contributed by atoms with Crippen molar-refractivity contribution in [1.82, 2.24) is 5.32 Å². The third-order valence-electron chi connectivity index (χ3n) is 4.21. The Balaban J connectivity index is 1.93. The lowest BCUT2D eigenvalue weighted by molar-refractivity contribution is 0.128. The molecule has 0 atom stereocenters. The summed E-state index contributed by atoms with van der Waals surface area (Å²) in [5, 5.41) is 22.0. The van der Waals surface area contributed by atoms with Crippen molar-refractivity contribution < 1.29 is 9.84 Å². The monoisotopic (exact) mass is 274 g/mol. The van der Waals surface area contributed by atoms with Crippen molar-refractivity contribution in [2.75, 3.05) is 20.3 Å². The summed E-state index contributed by atoms with van der Waals surface area (Å²) in [4.78, 5) is 0. The maximum atomic E-state index is 9.56. The Labute approximate surface area is 120 Å². The van der Waals surface area contributed by atoms with Crippen molar-refractivity contribution in [3.63, 3.8) is 0 Å². The normalized spacial score (nSPS) is 16.9. The van der Waals surface area contributed by atoms with E-state index in [9.17, 15) is 5.11 Å². The smallest absolute Gasteiger partial charge is 0.136 e. The number of nitrogens with zero attached hydrogens (tertiary/aromatic N) is 1. The van der Waals surface area contributed by atoms with E-state index in [2.05, 4.69) is 11.4 Å². The van der Waals surface area contributed by atoms with Gasteiger partial charge in [0.1, 0.15) is 11.8 Å². The molecule has 108 valence electrons. The van der Waals surface area contributed by atoms with Gasteiger partial charge in [0.2, 0.25) is 0 Å². The first-order valence-corrected chi connectivity index (χ1v) is 7.12. The average Bonchev–Trinajstić information content (AvgIpc) is 2.96. The molecule has 20 heavy (non-hydrogen) atoms. The first-order chi connectivity index (χ1) is 9.73. The van der Waals surface area contributed by atoms with Crippen LogP contribution >= 0.6 is 0 Å². The number of nitrogens with one attached hydrogen (secondary N) is 1. The van der Waals surface area contributed by atoms with Crippen LogP contribution in [-0.2, 0) is 6.54 Å². The van der Waals surface area contributed by atoms with E-state index in [0.717, 1.165) is 24.9 Å². The number of methoxy groups -OCH3 is 1. The van der Waals surface area contributed by atoms with Gasteiger partial charge in [0, 0.05) is 25.1 Å². The Bertz CT molecular complexity index is 488. The van der Waals surface area contributed by atoms with Gasteiger partial charge in [0.25, 0.3) is 0 Å². The maximum Gasteiger partial charge on any atom is 0.136 e. The fourth-order valence-electron chi connectivity index (χ4n) is 2.94. The Hall–Kier alpha value is -1.57. The molecule has 0 unspecified atom stereocenters. The lowest BCUT2D eigenvalue weighted by atomic mass is 9.87. The molecule has 0 bridgehead atoms. The van der Waals surface area contributed by atoms with Crippen molar-refractivity contribution >= 4 is 0 Å². The van der Waals surface area contributed by atoms with Crippen molar-refractivity contribution in [3.05, 3.63) is 29.3 Å². The van der Waals surface area contributed by atoms with E-state index in [0.29, 0.717) is 17.9 Å². The molecule has 1 aliphatic carbocycles. The quantitative estimate of drug-likeness (QED) is 0.834. The number of nitriles is 1. The molecule has 4 nitrogen and oxygen atoms in total. The molecule has 1 fully saturated rings. The molecular weight excluding hydrogens is 252 g/mol. The second-order valence-electron chi connectivity index (χ2n) is 5.62. The summed E-state index contributed by atoms with van der Waals surface area (Å²) in [5.74, 6) is 0.610. The average molecular weight is 274 g/mol. The summed E-state index contributed by atoms with van der Waals surface area (Å²) in [5.41, 5.74) is 1.68. The summed E-state index contributed by atoms with van der Waals surface area (Å²) >= 11 is 0. The molecule has 1 aliphatic rings. The number of aliphatic hydroxyl groups is 1. The molecular formula is C16H22N2O2. The van der Waals surface area contributed by atoms with Crippen LogP contribution in [0.1, 0.15) is 36.8 Å². The van der Waals surface area contributed by atoms with Crippen molar-refractivity contribution in [2.24, 2.45) is 5.41 Å². The molecule has 0 aliphatic heterocycles. The van der Waals surface area contributed by atoms with E-state index in [-0.39, 0.29) is 12.0 Å². The molecule has 1 aromatic carbocycles. The molecule has 0 amide bonds. The molecule has 2 rings (SSSR count). The SMILES string of the molecule is COc1ccc(CNCC2(CO)CCCC2)cc1C#N. The van der Waals surface area contributed by atoms with Crippen LogP contribution in [0.2, 0.25) is 0 Å². The standard InChI is InChI=1S/C16H22N2O2/c1-20-15-5-4-13(8-14(15)9-17)10-18-11-16(12-19)6-2-3-7-16/h4-5,8,18-19H,2-3,6-7,10-12H2,1H3. The fraction of sp³-hybridized carbons (Fsp3) is 0.562. The van der Waals surface area contributed by atoms with Gasteiger partial charge in [0.15, 0.2) is 0 Å². The van der Waals surface area contributed by atoms with Crippen molar-refractivity contribution in [1.29, 1.82) is 5.26 Å². The van der Waals surface area contributed by atoms with Gasteiger partial charge in [-0.1, -0.05) is 18.9 Å². The highest BCUT2D eigenvalue weighted by Gasteiger charge is 2.32. The van der Waals surface area contributed by atoms with E-state index in [4.69, 9.17) is 10.00 Å². The summed E-state index contributed by atoms with van der Waals surface area (Å²) < 4.78 is 5.13. The Morgan fingerprint density at radius 3 is 2.75 bits per heavy atom. The number of ether oxygens (including phenoxy) is 1. The third kappa shape index (κ3) is 3.30. The van der Waals surface area contributed by atoms with E-state index in [1.807, 2.05) is 18.2 Å². The number of hydrogen-bond acceptors (Lipinski definition) is 4. The highest BCUT2D eigenvalue weighted by molar-refractivity contribution is 5.45. The first-order valence-electron chi connectivity index (χ1n) is 7.12. The number of rotatable bonds is 6. The van der Waals surface area contributed by atoms with E-state index in [1.54, 1.807) is 7.11 Å². The zero-order chi connectivity index (χ0) is 14.4. The molecule has 4 heteroatoms. The molecule has 0 radical (unpaired) electrons. The van der Waals surface area contributed by atoms with Gasteiger partial charge in [-0.2, -0.15) is 5.26 Å². The minimum atomic E-state index is 0.0600. The van der Waals surface area contributed by atoms with E-state index >= 15 is 0 Å². The van der Waals surface area contributed by atoms with Gasteiger partial charge in [0.05, 0.1) is 12.7 Å². The van der Waals surface area contributed by atoms with Gasteiger partial charge in [-0.15, -0.1) is 0 Å². The predicted molar refractivity (Wildman–Crippen MR) is 77.4 cm³/mol. The summed E-state index contributed by atoms with van der Waals surface area (Å²) in [6, 6.07) is 7.79. The fourth-order valence-corrected chi connectivity index (χ4v) is 2.94. The van der Waals surface area contributed by atoms with Crippen LogP contribution in [0, 0.1) is 16.7 Å². The van der Waals surface area contributed by atoms with Crippen LogP contribution in [0.3, 0.4) is 0 Å². The van der Waals surface area contributed by atoms with Crippen LogP contribution < -0.4 is 10.1 Å². The van der Waals surface area contributed by atoms with Gasteiger partial charge >= 0.3 is 0 Å². The molecule has 0 saturated heterocycles. The Kier molecular flexibility index (Phi) is 4.99. The van der Waals surface area contributed by atoms with Crippen molar-refractivity contribution in [2.45, 2.75) is 32.2 Å². The van der Waals surface area contributed by atoms with Crippen LogP contribution in [0.4, 0.5) is 0 Å². The lowest BCUT2D eigenvalue weighted by Crippen LogP contribution is -2.34. The lowest BCUT2D eigenvalue weighted by Gasteiger charge is -2.26. The second-order valence-corrected chi connectivity index (χ2v) is 5.62. The predicted octanol–water partition coefficient (Wildman–Crippen LogP) is 2.21. The number of hydrogen-bond donors (Lipinski definition) is 2. The summed E-state index contributed by atoms with van der Waals surface area (Å²) in [7, 11) is 1.57. The van der Waals surface area contributed by atoms with Gasteiger partial charge in [-0.25, -0.2) is 0 Å². The highest BCUT2D eigenvalue weighted by atomic mass is 16.5. The zero-order valence-corrected chi connectivity index (χ0v) is 12.0. The largest absolute Gasteiger partial charge is 0.495 e. The number of benzene rings is 1. The Morgan fingerprint density at radius 2 is 2.15 bits per heavy atom. The van der Waals surface area contributed by atoms with Crippen LogP contribution in [0.5, 0.6) is 5.75 Å². The van der Waals surface area contributed by atoms with Crippen LogP contribution in [0.25, 0.3) is 0 Å². The molecule has 0 heterocycles. The molecule has 2 N–H and O–H groups in total. The van der Waals surface area contributed by atoms with Crippen LogP contribution in [0.15, 0.2) is 18.2 Å². The zero-order valence-electron chi connectivity index (χ0n) is 12.0. The molecule has 1 aromatic rings. The van der Waals surface area contributed by atoms with Gasteiger partial charge < -0.3 is 15.2 Å². The summed E-state index contributed by atoms with van der Waals surface area (Å²) in [6.07, 6.45) is 4.62. The van der Waals surface area contributed by atoms with Crippen LogP contribution in [-0.4, -0.2) is 25.4 Å². The first kappa shape index (κ1) is 14.8. The molecule has 0 spiro atoms. The highest BCUT2D eigenvalue weighted by Crippen LogP contribution is 2.36. The Morgan fingerprint density at radius 1 is 1.40 bits per heavy atom. The number of aliphatic hydroxyl groups excluding tert-OH is 1. The van der Waals surface area contributed by atoms with E-state index < -0.39 is 0 Å². The maximum absolute atomic E-state index is 9.56. The molecule has 1 saturated carbocycles. The molecule has 0 aromatic heterocycles. The van der Waals surface area contributed by atoms with Gasteiger partial charge in [-0.05, 0) is 30.5 Å². The van der Waals surface area contributed by atoms with Gasteiger partial charge in [-0.3, -0.25) is 0 Å². The van der Waals surface area contributed by atoms with E-state index in [1.165, 1.54) is 12.8 Å². The van der Waals surface area contributed by atoms with Crippen molar-refractivity contribution in [3.8, 4) is 11.8 Å². The minimum absolute atomic E-state index is 0.0600. The summed E-state index contributed by atoms with van der Waals surface area (Å²) in [6.45, 7) is 1.80. The third-order valence-corrected chi connectivity index (χ3v) is 4.21. The topological polar surface area (TPSA) is 65.3 Å². The minimum Gasteiger partial charge on any atom is -0.495 e. The second kappa shape index (κ2) is 6.74.